The summed E-state index contributed by atoms with van der Waals surface area (Å²) in [6.07, 6.45) is 2.60. The molecule has 1 saturated heterocycles. The normalized spacial score (nSPS) is 21.5. The van der Waals surface area contributed by atoms with Crippen molar-refractivity contribution in [1.82, 2.24) is 10.2 Å². The summed E-state index contributed by atoms with van der Waals surface area (Å²) in [7, 11) is 0. The molecule has 2 fully saturated rings. The van der Waals surface area contributed by atoms with Gasteiger partial charge >= 0.3 is 12.0 Å². The molecule has 1 aliphatic heterocycles. The van der Waals surface area contributed by atoms with Crippen molar-refractivity contribution in [1.29, 1.82) is 0 Å². The molecule has 1 aromatic rings. The number of urea groups is 1. The van der Waals surface area contributed by atoms with E-state index in [9.17, 15) is 19.8 Å². The molecule has 2 aliphatic rings. The molecule has 1 heterocycles. The molecule has 23 heavy (non-hydrogen) atoms. The number of aliphatic hydroxyl groups is 1. The molecule has 6 nitrogen and oxygen atoms in total. The van der Waals surface area contributed by atoms with Gasteiger partial charge in [0.1, 0.15) is 6.04 Å². The topological polar surface area (TPSA) is 89.9 Å². The quantitative estimate of drug-likeness (QED) is 0.785. The molecule has 2 amide bonds. The van der Waals surface area contributed by atoms with Gasteiger partial charge < -0.3 is 20.4 Å². The Morgan fingerprint density at radius 2 is 1.78 bits per heavy atom. The van der Waals surface area contributed by atoms with Gasteiger partial charge in [0.25, 0.3) is 0 Å². The summed E-state index contributed by atoms with van der Waals surface area (Å²) in [5, 5.41) is 22.6. The number of nitrogens with one attached hydrogen (secondary N) is 1. The second-order valence-corrected chi connectivity index (χ2v) is 6.49. The third-order valence-electron chi connectivity index (χ3n) is 4.83. The molecule has 0 aromatic heterocycles. The maximum absolute atomic E-state index is 12.3. The van der Waals surface area contributed by atoms with E-state index in [0.29, 0.717) is 25.9 Å². The van der Waals surface area contributed by atoms with E-state index in [0.717, 1.165) is 18.4 Å². The van der Waals surface area contributed by atoms with Crippen LogP contribution >= 0.6 is 0 Å². The Hall–Kier alpha value is -2.08. The molecule has 6 heteroatoms. The number of piperidine rings is 1. The van der Waals surface area contributed by atoms with E-state index in [2.05, 4.69) is 5.32 Å². The minimum Gasteiger partial charge on any atom is -0.480 e. The largest absolute Gasteiger partial charge is 0.480 e. The first-order valence-electron chi connectivity index (χ1n) is 8.06. The number of carboxylic acid groups (broad SMARTS) is 1. The van der Waals surface area contributed by atoms with E-state index in [1.54, 1.807) is 4.90 Å². The van der Waals surface area contributed by atoms with Gasteiger partial charge in [0.05, 0.1) is 5.60 Å². The van der Waals surface area contributed by atoms with E-state index in [1.807, 2.05) is 30.3 Å². The van der Waals surface area contributed by atoms with Crippen LogP contribution in [0.4, 0.5) is 4.79 Å². The fourth-order valence-electron chi connectivity index (χ4n) is 3.15. The van der Waals surface area contributed by atoms with Crippen molar-refractivity contribution in [2.75, 3.05) is 13.1 Å². The average molecular weight is 318 g/mol. The summed E-state index contributed by atoms with van der Waals surface area (Å²) < 4.78 is 0. The fraction of sp³-hybridized carbons (Fsp3) is 0.529. The third-order valence-corrected chi connectivity index (χ3v) is 4.83. The van der Waals surface area contributed by atoms with E-state index < -0.39 is 17.6 Å². The number of hydrogen-bond donors (Lipinski definition) is 3. The Kier molecular flexibility index (Phi) is 4.26. The standard InChI is InChI=1S/C17H22N2O4/c20-15(21)14(12-6-7-12)18-16(22)19-10-8-17(23,9-11-19)13-4-2-1-3-5-13/h1-5,12,14,23H,6-11H2,(H,18,22)(H,20,21)/t14-/m0/s1. The van der Waals surface area contributed by atoms with Crippen molar-refractivity contribution in [2.24, 2.45) is 5.92 Å². The number of rotatable bonds is 4. The zero-order valence-corrected chi connectivity index (χ0v) is 12.9. The van der Waals surface area contributed by atoms with Crippen LogP contribution in [0.15, 0.2) is 30.3 Å². The minimum absolute atomic E-state index is 0.0579. The lowest BCUT2D eigenvalue weighted by atomic mass is 9.84. The van der Waals surface area contributed by atoms with Crippen molar-refractivity contribution in [3.8, 4) is 0 Å². The number of carbonyl (C=O) groups excluding carboxylic acids is 1. The molecule has 0 radical (unpaired) electrons. The van der Waals surface area contributed by atoms with Crippen LogP contribution in [0.3, 0.4) is 0 Å². The molecule has 0 unspecified atom stereocenters. The lowest BCUT2D eigenvalue weighted by Gasteiger charge is -2.38. The highest BCUT2D eigenvalue weighted by Crippen LogP contribution is 2.34. The van der Waals surface area contributed by atoms with Gasteiger partial charge in [0.2, 0.25) is 0 Å². The number of carbonyl (C=O) groups is 2. The average Bonchev–Trinajstić information content (AvgIpc) is 3.38. The van der Waals surface area contributed by atoms with Gasteiger partial charge in [-0.15, -0.1) is 0 Å². The molecule has 1 aliphatic carbocycles. The van der Waals surface area contributed by atoms with Crippen LogP contribution in [0.25, 0.3) is 0 Å². The molecule has 0 spiro atoms. The highest BCUT2D eigenvalue weighted by molar-refractivity contribution is 5.83. The number of nitrogens with zero attached hydrogens (tertiary/aromatic N) is 1. The number of benzene rings is 1. The zero-order chi connectivity index (χ0) is 16.4. The lowest BCUT2D eigenvalue weighted by molar-refractivity contribution is -0.139. The first-order chi connectivity index (χ1) is 11.0. The van der Waals surface area contributed by atoms with E-state index in [1.165, 1.54) is 0 Å². The van der Waals surface area contributed by atoms with Gasteiger partial charge in [-0.25, -0.2) is 9.59 Å². The molecular weight excluding hydrogens is 296 g/mol. The zero-order valence-electron chi connectivity index (χ0n) is 12.9. The fourth-order valence-corrected chi connectivity index (χ4v) is 3.15. The second-order valence-electron chi connectivity index (χ2n) is 6.49. The number of aliphatic carboxylic acids is 1. The van der Waals surface area contributed by atoms with Gasteiger partial charge in [-0.1, -0.05) is 30.3 Å². The minimum atomic E-state index is -0.973. The highest BCUT2D eigenvalue weighted by Gasteiger charge is 2.40. The first kappa shape index (κ1) is 15.8. The predicted molar refractivity (Wildman–Crippen MR) is 83.8 cm³/mol. The van der Waals surface area contributed by atoms with Crippen molar-refractivity contribution in [2.45, 2.75) is 37.3 Å². The maximum atomic E-state index is 12.3. The third kappa shape index (κ3) is 3.47. The molecule has 1 aromatic carbocycles. The molecule has 3 rings (SSSR count). The SMILES string of the molecule is O=C(O)[C@@H](NC(=O)N1CCC(O)(c2ccccc2)CC1)C1CC1. The van der Waals surface area contributed by atoms with E-state index in [-0.39, 0.29) is 11.9 Å². The van der Waals surface area contributed by atoms with Gasteiger partial charge in [-0.2, -0.15) is 0 Å². The second kappa shape index (κ2) is 6.20. The number of likely N-dealkylation sites (tertiary alicyclic amines) is 1. The molecule has 1 atom stereocenters. The Morgan fingerprint density at radius 1 is 1.17 bits per heavy atom. The van der Waals surface area contributed by atoms with E-state index >= 15 is 0 Å². The summed E-state index contributed by atoms with van der Waals surface area (Å²) in [6.45, 7) is 0.822. The number of hydrogen-bond acceptors (Lipinski definition) is 3. The molecular formula is C17H22N2O4. The maximum Gasteiger partial charge on any atom is 0.326 e. The van der Waals surface area contributed by atoms with Crippen LogP contribution in [0.5, 0.6) is 0 Å². The summed E-state index contributed by atoms with van der Waals surface area (Å²) in [6, 6.07) is 8.32. The van der Waals surface area contributed by atoms with Gasteiger partial charge in [0, 0.05) is 13.1 Å². The molecule has 3 N–H and O–H groups in total. The lowest BCUT2D eigenvalue weighted by Crippen LogP contribution is -2.53. The summed E-state index contributed by atoms with van der Waals surface area (Å²) in [4.78, 5) is 25.1. The first-order valence-corrected chi connectivity index (χ1v) is 8.06. The van der Waals surface area contributed by atoms with Crippen molar-refractivity contribution in [3.05, 3.63) is 35.9 Å². The van der Waals surface area contributed by atoms with Crippen LogP contribution in [0, 0.1) is 5.92 Å². The Morgan fingerprint density at radius 3 is 2.30 bits per heavy atom. The van der Waals surface area contributed by atoms with Crippen LogP contribution in [-0.2, 0) is 10.4 Å². The number of amides is 2. The van der Waals surface area contributed by atoms with Crippen LogP contribution in [0.1, 0.15) is 31.2 Å². The van der Waals surface area contributed by atoms with Crippen LogP contribution < -0.4 is 5.32 Å². The molecule has 124 valence electrons. The summed E-state index contributed by atoms with van der Waals surface area (Å²) in [5.74, 6) is -0.916. The van der Waals surface area contributed by atoms with Gasteiger partial charge in [0.15, 0.2) is 0 Å². The van der Waals surface area contributed by atoms with Crippen molar-refractivity contribution < 1.29 is 19.8 Å². The van der Waals surface area contributed by atoms with Gasteiger partial charge in [-0.3, -0.25) is 0 Å². The summed E-state index contributed by atoms with van der Waals surface area (Å²) >= 11 is 0. The Bertz CT molecular complexity index is 578. The Labute approximate surface area is 135 Å². The molecule has 1 saturated carbocycles. The summed E-state index contributed by atoms with van der Waals surface area (Å²) in [5.41, 5.74) is -0.0535. The smallest absolute Gasteiger partial charge is 0.326 e. The monoisotopic (exact) mass is 318 g/mol. The van der Waals surface area contributed by atoms with E-state index in [4.69, 9.17) is 0 Å². The molecule has 0 bridgehead atoms. The van der Waals surface area contributed by atoms with Gasteiger partial charge in [-0.05, 0) is 37.2 Å². The highest BCUT2D eigenvalue weighted by atomic mass is 16.4. The number of carboxylic acids is 1. The van der Waals surface area contributed by atoms with Crippen LogP contribution in [0.2, 0.25) is 0 Å². The van der Waals surface area contributed by atoms with Crippen molar-refractivity contribution >= 4 is 12.0 Å². The van der Waals surface area contributed by atoms with Crippen LogP contribution in [-0.4, -0.2) is 46.2 Å². The Balaban J connectivity index is 1.58. The van der Waals surface area contributed by atoms with Crippen molar-refractivity contribution in [3.63, 3.8) is 0 Å². The predicted octanol–water partition coefficient (Wildman–Crippen LogP) is 1.54.